The minimum Gasteiger partial charge on any atom is -0.465 e. The minimum absolute atomic E-state index is 0. The Balaban J connectivity index is 0. The van der Waals surface area contributed by atoms with Crippen LogP contribution in [0.4, 0.5) is 4.79 Å². The molecule has 6 heteroatoms. The number of hydrogen-bond donors (Lipinski definition) is 4. The maximum atomic E-state index is 9.89. The summed E-state index contributed by atoms with van der Waals surface area (Å²) in [6, 6.07) is 0. The molecular formula is C5H11NO2S2Zn. The van der Waals surface area contributed by atoms with E-state index in [0.29, 0.717) is 6.54 Å². The second kappa shape index (κ2) is 8.69. The molecule has 0 saturated carbocycles. The summed E-state index contributed by atoms with van der Waals surface area (Å²) >= 11 is 8.02. The van der Waals surface area contributed by atoms with E-state index in [-0.39, 0.29) is 24.1 Å². The Labute approximate surface area is 89.9 Å². The number of rotatable bonds is 4. The van der Waals surface area contributed by atoms with E-state index in [9.17, 15) is 4.79 Å². The van der Waals surface area contributed by atoms with Gasteiger partial charge in [0.05, 0.1) is 0 Å². The van der Waals surface area contributed by atoms with Crippen molar-refractivity contribution in [3.8, 4) is 0 Å². The van der Waals surface area contributed by atoms with Crippen LogP contribution >= 0.6 is 25.3 Å². The Morgan fingerprint density at radius 1 is 1.55 bits per heavy atom. The fourth-order valence-corrected chi connectivity index (χ4v) is 0.845. The van der Waals surface area contributed by atoms with Gasteiger partial charge in [-0.05, 0) is 12.8 Å². The molecule has 0 radical (unpaired) electrons. The number of hydrogen-bond acceptors (Lipinski definition) is 3. The average molecular weight is 247 g/mol. The van der Waals surface area contributed by atoms with Gasteiger partial charge in [-0.2, -0.15) is 25.3 Å². The van der Waals surface area contributed by atoms with E-state index in [4.69, 9.17) is 5.11 Å². The van der Waals surface area contributed by atoms with Crippen LogP contribution in [0.5, 0.6) is 0 Å². The second-order valence-electron chi connectivity index (χ2n) is 1.85. The van der Waals surface area contributed by atoms with Crippen molar-refractivity contribution >= 4 is 31.4 Å². The van der Waals surface area contributed by atoms with Crippen molar-refractivity contribution in [2.45, 2.75) is 17.4 Å². The van der Waals surface area contributed by atoms with Crippen LogP contribution in [0.15, 0.2) is 0 Å². The first kappa shape index (κ1) is 14.1. The van der Waals surface area contributed by atoms with Gasteiger partial charge in [0.25, 0.3) is 0 Å². The molecule has 62 valence electrons. The largest absolute Gasteiger partial charge is 0.465 e. The quantitative estimate of drug-likeness (QED) is 0.261. The van der Waals surface area contributed by atoms with Crippen molar-refractivity contribution in [2.24, 2.45) is 0 Å². The molecule has 0 aliphatic heterocycles. The average Bonchev–Trinajstić information content (AvgIpc) is 1.79. The molecule has 11 heavy (non-hydrogen) atoms. The van der Waals surface area contributed by atoms with Crippen LogP contribution in [0.25, 0.3) is 0 Å². The van der Waals surface area contributed by atoms with E-state index >= 15 is 0 Å². The Morgan fingerprint density at radius 2 is 2.09 bits per heavy atom. The smallest absolute Gasteiger partial charge is 0.404 e. The maximum absolute atomic E-state index is 9.89. The van der Waals surface area contributed by atoms with E-state index in [1.165, 1.54) is 0 Å². The topological polar surface area (TPSA) is 49.3 Å². The van der Waals surface area contributed by atoms with Gasteiger partial charge in [-0.15, -0.1) is 0 Å². The van der Waals surface area contributed by atoms with Gasteiger partial charge < -0.3 is 10.4 Å². The van der Waals surface area contributed by atoms with Crippen LogP contribution < -0.4 is 5.32 Å². The van der Waals surface area contributed by atoms with E-state index in [1.807, 2.05) is 0 Å². The van der Waals surface area contributed by atoms with Crippen LogP contribution in [-0.4, -0.2) is 22.3 Å². The van der Waals surface area contributed by atoms with Crippen LogP contribution in [0.1, 0.15) is 12.8 Å². The molecule has 0 heterocycles. The van der Waals surface area contributed by atoms with Crippen LogP contribution in [0, 0.1) is 0 Å². The van der Waals surface area contributed by atoms with Crippen molar-refractivity contribution < 1.29 is 29.4 Å². The molecule has 0 aromatic heterocycles. The Bertz CT molecular complexity index is 113. The Kier molecular flexibility index (Phi) is 11.2. The molecule has 0 aliphatic rings. The van der Waals surface area contributed by atoms with Crippen LogP contribution in [-0.2, 0) is 19.5 Å². The van der Waals surface area contributed by atoms with Gasteiger partial charge in [0.1, 0.15) is 0 Å². The first-order chi connectivity index (χ1) is 4.63. The summed E-state index contributed by atoms with van der Waals surface area (Å²) in [4.78, 5) is 9.89. The third-order valence-corrected chi connectivity index (χ3v) is 1.43. The van der Waals surface area contributed by atoms with E-state index in [2.05, 4.69) is 30.6 Å². The standard InChI is InChI=1S/C5H11NO2S2.Zn/c7-5(8)6-3-1-2-4(9)10;/h4,6,9-10H,1-3H2,(H,7,8);. The van der Waals surface area contributed by atoms with E-state index < -0.39 is 6.09 Å². The fraction of sp³-hybridized carbons (Fsp3) is 0.800. The van der Waals surface area contributed by atoms with Gasteiger partial charge in [-0.1, -0.05) is 0 Å². The summed E-state index contributed by atoms with van der Waals surface area (Å²) in [5.74, 6) is 0. The van der Waals surface area contributed by atoms with Gasteiger partial charge >= 0.3 is 6.09 Å². The Hall–Kier alpha value is 0.593. The second-order valence-corrected chi connectivity index (χ2v) is 3.51. The number of carboxylic acid groups (broad SMARTS) is 1. The van der Waals surface area contributed by atoms with E-state index in [1.54, 1.807) is 0 Å². The number of nitrogens with one attached hydrogen (secondary N) is 1. The zero-order valence-corrected chi connectivity index (χ0v) is 10.9. The van der Waals surface area contributed by atoms with Crippen molar-refractivity contribution in [1.29, 1.82) is 0 Å². The summed E-state index contributed by atoms with van der Waals surface area (Å²) in [6.07, 6.45) is 0.617. The summed E-state index contributed by atoms with van der Waals surface area (Å²) in [7, 11) is 0. The van der Waals surface area contributed by atoms with Gasteiger partial charge in [0, 0.05) is 30.6 Å². The predicted molar refractivity (Wildman–Crippen MR) is 47.0 cm³/mol. The number of carbonyl (C=O) groups is 1. The monoisotopic (exact) mass is 245 g/mol. The van der Waals surface area contributed by atoms with Gasteiger partial charge in [-0.3, -0.25) is 0 Å². The van der Waals surface area contributed by atoms with Crippen LogP contribution in [0.2, 0.25) is 0 Å². The van der Waals surface area contributed by atoms with Gasteiger partial charge in [0.2, 0.25) is 0 Å². The van der Waals surface area contributed by atoms with Gasteiger partial charge in [-0.25, -0.2) is 4.79 Å². The summed E-state index contributed by atoms with van der Waals surface area (Å²) in [6.45, 7) is 0.479. The molecule has 0 atom stereocenters. The molecule has 0 rings (SSSR count). The number of thiol groups is 2. The Morgan fingerprint density at radius 3 is 2.45 bits per heavy atom. The molecule has 3 nitrogen and oxygen atoms in total. The molecular weight excluding hydrogens is 236 g/mol. The molecule has 0 fully saturated rings. The van der Waals surface area contributed by atoms with Crippen molar-refractivity contribution in [2.75, 3.05) is 6.54 Å². The molecule has 0 aromatic rings. The molecule has 0 bridgehead atoms. The first-order valence-electron chi connectivity index (χ1n) is 2.96. The van der Waals surface area contributed by atoms with Gasteiger partial charge in [0.15, 0.2) is 0 Å². The normalized spacial score (nSPS) is 9.00. The summed E-state index contributed by atoms with van der Waals surface area (Å²) in [5, 5.41) is 10.4. The fourth-order valence-electron chi connectivity index (χ4n) is 0.480. The number of amides is 1. The summed E-state index contributed by atoms with van der Waals surface area (Å²) < 4.78 is 0.0515. The molecule has 2 N–H and O–H groups in total. The first-order valence-corrected chi connectivity index (χ1v) is 3.99. The molecule has 0 unspecified atom stereocenters. The molecule has 0 spiro atoms. The summed E-state index contributed by atoms with van der Waals surface area (Å²) in [5.41, 5.74) is 0. The third kappa shape index (κ3) is 13.6. The zero-order valence-electron chi connectivity index (χ0n) is 6.16. The van der Waals surface area contributed by atoms with Crippen molar-refractivity contribution in [3.63, 3.8) is 0 Å². The molecule has 1 amide bonds. The maximum Gasteiger partial charge on any atom is 0.404 e. The SMILES string of the molecule is O=C(O)NCCCC(S)S.[Zn]. The van der Waals surface area contributed by atoms with Crippen molar-refractivity contribution in [3.05, 3.63) is 0 Å². The predicted octanol–water partition coefficient (Wildman–Crippen LogP) is 1.22. The van der Waals surface area contributed by atoms with Crippen molar-refractivity contribution in [1.82, 2.24) is 5.32 Å². The third-order valence-electron chi connectivity index (χ3n) is 0.915. The molecule has 0 aromatic carbocycles. The zero-order chi connectivity index (χ0) is 7.98. The minimum atomic E-state index is -0.977. The van der Waals surface area contributed by atoms with Crippen LogP contribution in [0.3, 0.4) is 0 Å². The molecule has 0 saturated heterocycles. The van der Waals surface area contributed by atoms with E-state index in [0.717, 1.165) is 12.8 Å². The molecule has 0 aliphatic carbocycles.